The molecular weight excluding hydrogens is 424 g/mol. The molecule has 2 aromatic heterocycles. The molecule has 0 unspecified atom stereocenters. The molecule has 1 aromatic carbocycles. The third-order valence-electron chi connectivity index (χ3n) is 5.74. The highest BCUT2D eigenvalue weighted by atomic mass is 32.1. The molecule has 3 aromatic rings. The number of carbonyl (C=O) groups excluding carboxylic acids is 1. The van der Waals surface area contributed by atoms with Gasteiger partial charge < -0.3 is 24.8 Å². The van der Waals surface area contributed by atoms with Crippen LogP contribution in [0.25, 0.3) is 0 Å². The summed E-state index contributed by atoms with van der Waals surface area (Å²) in [6.07, 6.45) is 3.49. The number of carbonyl (C=O) groups is 1. The summed E-state index contributed by atoms with van der Waals surface area (Å²) in [5.41, 5.74) is 1.93. The van der Waals surface area contributed by atoms with Gasteiger partial charge in [-0.2, -0.15) is 0 Å². The third kappa shape index (κ3) is 4.68. The Balaban J connectivity index is 1.16. The van der Waals surface area contributed by atoms with Gasteiger partial charge in [0.25, 0.3) is 5.91 Å². The van der Waals surface area contributed by atoms with Crippen molar-refractivity contribution in [3.63, 3.8) is 0 Å². The van der Waals surface area contributed by atoms with Crippen molar-refractivity contribution in [2.75, 3.05) is 72.5 Å². The molecule has 8 nitrogen and oxygen atoms in total. The average molecular weight is 451 g/mol. The lowest BCUT2D eigenvalue weighted by atomic mass is 10.2. The van der Waals surface area contributed by atoms with Crippen molar-refractivity contribution in [3.05, 3.63) is 59.7 Å². The summed E-state index contributed by atoms with van der Waals surface area (Å²) in [6.45, 7) is 6.77. The predicted octanol–water partition coefficient (Wildman–Crippen LogP) is 2.95. The molecule has 166 valence electrons. The molecule has 2 fully saturated rings. The Labute approximate surface area is 191 Å². The number of rotatable bonds is 5. The van der Waals surface area contributed by atoms with E-state index in [1.807, 2.05) is 48.7 Å². The van der Waals surface area contributed by atoms with Crippen LogP contribution in [0.4, 0.5) is 22.3 Å². The number of hydrogen-bond acceptors (Lipinski definition) is 8. The van der Waals surface area contributed by atoms with Gasteiger partial charge in [0.05, 0.1) is 19.4 Å². The van der Waals surface area contributed by atoms with Crippen LogP contribution in [0.15, 0.2) is 54.9 Å². The molecule has 1 amide bonds. The van der Waals surface area contributed by atoms with Gasteiger partial charge in [-0.15, -0.1) is 0 Å². The van der Waals surface area contributed by atoms with Gasteiger partial charge in [0.15, 0.2) is 5.13 Å². The van der Waals surface area contributed by atoms with E-state index in [2.05, 4.69) is 30.0 Å². The van der Waals surface area contributed by atoms with Crippen molar-refractivity contribution in [2.45, 2.75) is 0 Å². The van der Waals surface area contributed by atoms with E-state index in [0.29, 0.717) is 4.88 Å². The Hall–Kier alpha value is -3.17. The van der Waals surface area contributed by atoms with Crippen LogP contribution in [0.5, 0.6) is 0 Å². The number of amides is 1. The normalized spacial score (nSPS) is 16.8. The van der Waals surface area contributed by atoms with Gasteiger partial charge in [-0.1, -0.05) is 17.4 Å². The van der Waals surface area contributed by atoms with Crippen LogP contribution in [-0.2, 0) is 4.74 Å². The van der Waals surface area contributed by atoms with Crippen LogP contribution in [0, 0.1) is 0 Å². The van der Waals surface area contributed by atoms with Gasteiger partial charge in [-0.25, -0.2) is 9.97 Å². The molecular formula is C23H26N6O2S. The molecule has 4 heterocycles. The predicted molar refractivity (Wildman–Crippen MR) is 128 cm³/mol. The second-order valence-electron chi connectivity index (χ2n) is 7.77. The quantitative estimate of drug-likeness (QED) is 0.641. The number of aromatic nitrogens is 2. The maximum Gasteiger partial charge on any atom is 0.267 e. The Bertz CT molecular complexity index is 1030. The molecule has 0 spiro atoms. The van der Waals surface area contributed by atoms with Crippen LogP contribution in [0.2, 0.25) is 0 Å². The second-order valence-corrected chi connectivity index (χ2v) is 8.78. The molecule has 9 heteroatoms. The summed E-state index contributed by atoms with van der Waals surface area (Å²) in [5, 5.41) is 3.87. The molecule has 32 heavy (non-hydrogen) atoms. The van der Waals surface area contributed by atoms with Crippen molar-refractivity contribution in [3.8, 4) is 0 Å². The third-order valence-corrected chi connectivity index (χ3v) is 6.80. The van der Waals surface area contributed by atoms with Crippen LogP contribution < -0.4 is 20.0 Å². The minimum atomic E-state index is -0.125. The number of morpholine rings is 1. The zero-order chi connectivity index (χ0) is 21.8. The summed E-state index contributed by atoms with van der Waals surface area (Å²) >= 11 is 1.44. The van der Waals surface area contributed by atoms with Crippen molar-refractivity contribution in [1.29, 1.82) is 0 Å². The summed E-state index contributed by atoms with van der Waals surface area (Å²) in [4.78, 5) is 29.1. The number of anilines is 4. The Kier molecular flexibility index (Phi) is 6.17. The first kappa shape index (κ1) is 20.7. The fourth-order valence-electron chi connectivity index (χ4n) is 3.95. The maximum atomic E-state index is 12.7. The number of pyridine rings is 1. The number of nitrogens with zero attached hydrogens (tertiary/aromatic N) is 5. The highest BCUT2D eigenvalue weighted by Crippen LogP contribution is 2.26. The van der Waals surface area contributed by atoms with Gasteiger partial charge in [0, 0.05) is 56.8 Å². The molecule has 0 aliphatic carbocycles. The monoisotopic (exact) mass is 450 g/mol. The van der Waals surface area contributed by atoms with Crippen molar-refractivity contribution < 1.29 is 9.53 Å². The van der Waals surface area contributed by atoms with Gasteiger partial charge >= 0.3 is 0 Å². The minimum Gasteiger partial charge on any atom is -0.378 e. The van der Waals surface area contributed by atoms with Crippen molar-refractivity contribution in [2.24, 2.45) is 0 Å². The number of ether oxygens (including phenoxy) is 1. The van der Waals surface area contributed by atoms with Crippen LogP contribution in [-0.4, -0.2) is 68.4 Å². The smallest absolute Gasteiger partial charge is 0.267 e. The molecule has 0 atom stereocenters. The van der Waals surface area contributed by atoms with E-state index in [9.17, 15) is 4.79 Å². The van der Waals surface area contributed by atoms with Gasteiger partial charge in [-0.3, -0.25) is 4.79 Å². The van der Waals surface area contributed by atoms with E-state index in [1.54, 1.807) is 6.20 Å². The molecule has 0 radical (unpaired) electrons. The highest BCUT2D eigenvalue weighted by molar-refractivity contribution is 7.17. The van der Waals surface area contributed by atoms with Crippen LogP contribution in [0.3, 0.4) is 0 Å². The Morgan fingerprint density at radius 2 is 1.62 bits per heavy atom. The molecule has 2 saturated heterocycles. The second kappa shape index (κ2) is 9.54. The van der Waals surface area contributed by atoms with Gasteiger partial charge in [0.2, 0.25) is 0 Å². The zero-order valence-corrected chi connectivity index (χ0v) is 18.6. The SMILES string of the molecule is O=C(Nc1ccc(N2CCOCC2)cc1)c1cnc(N2CCN(c3ccccn3)CC2)s1. The van der Waals surface area contributed by atoms with E-state index >= 15 is 0 Å². The molecule has 0 bridgehead atoms. The largest absolute Gasteiger partial charge is 0.378 e. The molecule has 5 rings (SSSR count). The molecule has 2 aliphatic rings. The lowest BCUT2D eigenvalue weighted by molar-refractivity contribution is 0.103. The van der Waals surface area contributed by atoms with E-state index < -0.39 is 0 Å². The van der Waals surface area contributed by atoms with E-state index in [-0.39, 0.29) is 5.91 Å². The Morgan fingerprint density at radius 3 is 2.34 bits per heavy atom. The first-order valence-electron chi connectivity index (χ1n) is 10.9. The zero-order valence-electron chi connectivity index (χ0n) is 17.8. The minimum absolute atomic E-state index is 0.125. The number of piperazine rings is 1. The number of nitrogens with one attached hydrogen (secondary N) is 1. The van der Waals surface area contributed by atoms with Crippen LogP contribution >= 0.6 is 11.3 Å². The summed E-state index contributed by atoms with van der Waals surface area (Å²) in [6, 6.07) is 14.0. The van der Waals surface area contributed by atoms with Crippen molar-refractivity contribution in [1.82, 2.24) is 9.97 Å². The average Bonchev–Trinajstić information content (AvgIpc) is 3.36. The summed E-state index contributed by atoms with van der Waals surface area (Å²) < 4.78 is 5.41. The first-order chi connectivity index (χ1) is 15.8. The number of thiazole rings is 1. The molecule has 0 saturated carbocycles. The Morgan fingerprint density at radius 1 is 0.875 bits per heavy atom. The summed E-state index contributed by atoms with van der Waals surface area (Å²) in [7, 11) is 0. The van der Waals surface area contributed by atoms with E-state index in [0.717, 1.165) is 74.8 Å². The van der Waals surface area contributed by atoms with Gasteiger partial charge in [-0.05, 0) is 36.4 Å². The molecule has 1 N–H and O–H groups in total. The highest BCUT2D eigenvalue weighted by Gasteiger charge is 2.21. The lowest BCUT2D eigenvalue weighted by Crippen LogP contribution is -2.46. The summed E-state index contributed by atoms with van der Waals surface area (Å²) in [5.74, 6) is 0.881. The molecule has 2 aliphatic heterocycles. The first-order valence-corrected chi connectivity index (χ1v) is 11.7. The van der Waals surface area contributed by atoms with Crippen molar-refractivity contribution >= 4 is 39.6 Å². The number of benzene rings is 1. The standard InChI is InChI=1S/C23H26N6O2S/c30-22(26-18-4-6-19(7-5-18)27-13-15-31-16-14-27)20-17-25-23(32-20)29-11-9-28(10-12-29)21-3-1-2-8-24-21/h1-8,17H,9-16H2,(H,26,30). The van der Waals surface area contributed by atoms with E-state index in [1.165, 1.54) is 11.3 Å². The van der Waals surface area contributed by atoms with E-state index in [4.69, 9.17) is 4.74 Å². The maximum absolute atomic E-state index is 12.7. The lowest BCUT2D eigenvalue weighted by Gasteiger charge is -2.35. The van der Waals surface area contributed by atoms with Crippen LogP contribution in [0.1, 0.15) is 9.67 Å². The number of hydrogen-bond donors (Lipinski definition) is 1. The fraction of sp³-hybridized carbons (Fsp3) is 0.348. The topological polar surface area (TPSA) is 73.8 Å². The fourth-order valence-corrected chi connectivity index (χ4v) is 4.82. The van der Waals surface area contributed by atoms with Gasteiger partial charge in [0.1, 0.15) is 10.7 Å².